The van der Waals surface area contributed by atoms with E-state index in [0.29, 0.717) is 24.5 Å². The smallest absolute Gasteiger partial charge is 0.266 e. The Balaban J connectivity index is 1.71. The van der Waals surface area contributed by atoms with Crippen LogP contribution in [0.25, 0.3) is 0 Å². The Morgan fingerprint density at radius 3 is 2.43 bits per heavy atom. The van der Waals surface area contributed by atoms with Crippen LogP contribution in [0.2, 0.25) is 0 Å². The summed E-state index contributed by atoms with van der Waals surface area (Å²) in [6.07, 6.45) is 0.671. The van der Waals surface area contributed by atoms with Crippen LogP contribution in [-0.4, -0.2) is 48.6 Å². The Hall–Kier alpha value is -3.02. The minimum atomic E-state index is -1.14. The van der Waals surface area contributed by atoms with Gasteiger partial charge in [-0.2, -0.15) is 0 Å². The number of amides is 2. The third-order valence-electron chi connectivity index (χ3n) is 4.70. The second-order valence-electron chi connectivity index (χ2n) is 7.40. The van der Waals surface area contributed by atoms with Gasteiger partial charge in [-0.25, -0.2) is 0 Å². The van der Waals surface area contributed by atoms with Crippen molar-refractivity contribution >= 4 is 11.8 Å². The largest absolute Gasteiger partial charge is 0.493 e. The van der Waals surface area contributed by atoms with Gasteiger partial charge in [0.05, 0.1) is 19.7 Å². The van der Waals surface area contributed by atoms with E-state index in [4.69, 9.17) is 9.47 Å². The first-order chi connectivity index (χ1) is 13.4. The molecule has 1 fully saturated rings. The number of nitrogens with zero attached hydrogens (tertiary/aromatic N) is 1. The van der Waals surface area contributed by atoms with Gasteiger partial charge in [-0.05, 0) is 38.0 Å². The van der Waals surface area contributed by atoms with E-state index in [1.165, 1.54) is 0 Å². The van der Waals surface area contributed by atoms with Crippen molar-refractivity contribution in [3.63, 3.8) is 0 Å². The lowest BCUT2D eigenvalue weighted by molar-refractivity contribution is -0.150. The first kappa shape index (κ1) is 19.7. The maximum Gasteiger partial charge on any atom is 0.266 e. The van der Waals surface area contributed by atoms with Crippen LogP contribution in [0.5, 0.6) is 11.5 Å². The molecule has 2 aromatic carbocycles. The Morgan fingerprint density at radius 2 is 1.75 bits per heavy atom. The van der Waals surface area contributed by atoms with Crippen molar-refractivity contribution in [1.82, 2.24) is 10.2 Å². The van der Waals surface area contributed by atoms with Crippen LogP contribution >= 0.6 is 0 Å². The molecule has 148 valence electrons. The van der Waals surface area contributed by atoms with E-state index >= 15 is 0 Å². The quantitative estimate of drug-likeness (QED) is 0.833. The zero-order chi connectivity index (χ0) is 20.1. The summed E-state index contributed by atoms with van der Waals surface area (Å²) in [5.74, 6) is 0.660. The standard InChI is InChI=1S/C22H26N2O4/c1-22(2,28-19-12-8-7-11-18(19)27-3)21(26)24-14-17(23-20(25)15-24)13-16-9-5-4-6-10-16/h4-12,17H,13-15H2,1-3H3,(H,23,25)/t17-/m0/s1. The summed E-state index contributed by atoms with van der Waals surface area (Å²) in [4.78, 5) is 26.9. The molecule has 0 saturated carbocycles. The number of ether oxygens (including phenoxy) is 2. The molecule has 6 heteroatoms. The van der Waals surface area contributed by atoms with Gasteiger partial charge in [0.25, 0.3) is 5.91 Å². The molecule has 1 saturated heterocycles. The highest BCUT2D eigenvalue weighted by atomic mass is 16.5. The number of piperazine rings is 1. The Kier molecular flexibility index (Phi) is 5.87. The van der Waals surface area contributed by atoms with Crippen LogP contribution in [-0.2, 0) is 16.0 Å². The molecule has 0 aromatic heterocycles. The van der Waals surface area contributed by atoms with E-state index in [2.05, 4.69) is 5.32 Å². The maximum atomic E-state index is 13.1. The van der Waals surface area contributed by atoms with Gasteiger partial charge in [0.2, 0.25) is 5.91 Å². The Morgan fingerprint density at radius 1 is 1.11 bits per heavy atom. The number of para-hydroxylation sites is 2. The van der Waals surface area contributed by atoms with Gasteiger partial charge in [0.1, 0.15) is 0 Å². The molecule has 1 atom stereocenters. The van der Waals surface area contributed by atoms with Crippen LogP contribution in [0.15, 0.2) is 54.6 Å². The minimum absolute atomic E-state index is 0.0306. The number of rotatable bonds is 6. The van der Waals surface area contributed by atoms with Crippen molar-refractivity contribution in [2.24, 2.45) is 0 Å². The molecule has 1 heterocycles. The number of benzene rings is 2. The average molecular weight is 382 g/mol. The van der Waals surface area contributed by atoms with Gasteiger partial charge in [0.15, 0.2) is 17.1 Å². The summed E-state index contributed by atoms with van der Waals surface area (Å²) < 4.78 is 11.3. The third-order valence-corrected chi connectivity index (χ3v) is 4.70. The zero-order valence-corrected chi connectivity index (χ0v) is 16.5. The normalized spacial score (nSPS) is 17.0. The molecule has 6 nitrogen and oxygen atoms in total. The summed E-state index contributed by atoms with van der Waals surface area (Å²) in [5.41, 5.74) is -0.0181. The topological polar surface area (TPSA) is 67.9 Å². The first-order valence-electron chi connectivity index (χ1n) is 9.34. The molecule has 2 amide bonds. The molecule has 0 unspecified atom stereocenters. The number of hydrogen-bond donors (Lipinski definition) is 1. The summed E-state index contributed by atoms with van der Waals surface area (Å²) in [5, 5.41) is 2.98. The van der Waals surface area contributed by atoms with Gasteiger partial charge < -0.3 is 19.7 Å². The second-order valence-corrected chi connectivity index (χ2v) is 7.40. The van der Waals surface area contributed by atoms with Gasteiger partial charge in [0, 0.05) is 6.54 Å². The molecule has 1 aliphatic heterocycles. The molecule has 0 spiro atoms. The Bertz CT molecular complexity index is 835. The second kappa shape index (κ2) is 8.33. The lowest BCUT2D eigenvalue weighted by Crippen LogP contribution is -2.60. The molecule has 0 bridgehead atoms. The number of carbonyl (C=O) groups is 2. The number of methoxy groups -OCH3 is 1. The summed E-state index contributed by atoms with van der Waals surface area (Å²) >= 11 is 0. The highest BCUT2D eigenvalue weighted by Crippen LogP contribution is 2.30. The van der Waals surface area contributed by atoms with E-state index in [0.717, 1.165) is 5.56 Å². The fourth-order valence-electron chi connectivity index (χ4n) is 3.39. The molecule has 1 aliphatic rings. The van der Waals surface area contributed by atoms with Crippen LogP contribution < -0.4 is 14.8 Å². The summed E-state index contributed by atoms with van der Waals surface area (Å²) in [6.45, 7) is 3.89. The summed E-state index contributed by atoms with van der Waals surface area (Å²) in [7, 11) is 1.56. The van der Waals surface area contributed by atoms with Crippen molar-refractivity contribution in [2.45, 2.75) is 31.9 Å². The van der Waals surface area contributed by atoms with Gasteiger partial charge >= 0.3 is 0 Å². The lowest BCUT2D eigenvalue weighted by Gasteiger charge is -2.37. The monoisotopic (exact) mass is 382 g/mol. The molecule has 2 aromatic rings. The molecular weight excluding hydrogens is 356 g/mol. The number of carbonyl (C=O) groups excluding carboxylic acids is 2. The van der Waals surface area contributed by atoms with E-state index in [1.54, 1.807) is 38.0 Å². The summed E-state index contributed by atoms with van der Waals surface area (Å²) in [6, 6.07) is 17.0. The van der Waals surface area contributed by atoms with Crippen LogP contribution in [0.4, 0.5) is 0 Å². The predicted molar refractivity (Wildman–Crippen MR) is 106 cm³/mol. The van der Waals surface area contributed by atoms with Crippen molar-refractivity contribution in [3.05, 3.63) is 60.2 Å². The van der Waals surface area contributed by atoms with Gasteiger partial charge in [-0.1, -0.05) is 42.5 Å². The van der Waals surface area contributed by atoms with Crippen molar-refractivity contribution in [3.8, 4) is 11.5 Å². The van der Waals surface area contributed by atoms with E-state index in [1.807, 2.05) is 42.5 Å². The molecule has 1 N–H and O–H groups in total. The van der Waals surface area contributed by atoms with Crippen molar-refractivity contribution < 1.29 is 19.1 Å². The Labute approximate surface area is 165 Å². The predicted octanol–water partition coefficient (Wildman–Crippen LogP) is 2.42. The van der Waals surface area contributed by atoms with E-state index < -0.39 is 5.60 Å². The van der Waals surface area contributed by atoms with Crippen molar-refractivity contribution in [2.75, 3.05) is 20.2 Å². The minimum Gasteiger partial charge on any atom is -0.493 e. The SMILES string of the molecule is COc1ccccc1OC(C)(C)C(=O)N1CC(=O)N[C@@H](Cc2ccccc2)C1. The van der Waals surface area contributed by atoms with Crippen molar-refractivity contribution in [1.29, 1.82) is 0 Å². The number of nitrogens with one attached hydrogen (secondary N) is 1. The highest BCUT2D eigenvalue weighted by molar-refractivity contribution is 5.90. The third kappa shape index (κ3) is 4.63. The van der Waals surface area contributed by atoms with Gasteiger partial charge in [-0.15, -0.1) is 0 Å². The first-order valence-corrected chi connectivity index (χ1v) is 9.34. The van der Waals surface area contributed by atoms with E-state index in [9.17, 15) is 9.59 Å². The van der Waals surface area contributed by atoms with Crippen LogP contribution in [0, 0.1) is 0 Å². The lowest BCUT2D eigenvalue weighted by atomic mass is 10.0. The molecular formula is C22H26N2O4. The molecule has 0 radical (unpaired) electrons. The molecule has 0 aliphatic carbocycles. The fraction of sp³-hybridized carbons (Fsp3) is 0.364. The molecule has 3 rings (SSSR count). The maximum absolute atomic E-state index is 13.1. The number of hydrogen-bond acceptors (Lipinski definition) is 4. The van der Waals surface area contributed by atoms with Gasteiger partial charge in [-0.3, -0.25) is 9.59 Å². The highest BCUT2D eigenvalue weighted by Gasteiger charge is 2.38. The fourth-order valence-corrected chi connectivity index (χ4v) is 3.39. The average Bonchev–Trinajstić information content (AvgIpc) is 2.68. The zero-order valence-electron chi connectivity index (χ0n) is 16.5. The molecule has 28 heavy (non-hydrogen) atoms. The van der Waals surface area contributed by atoms with Crippen LogP contribution in [0.3, 0.4) is 0 Å². The van der Waals surface area contributed by atoms with E-state index in [-0.39, 0.29) is 24.4 Å². The van der Waals surface area contributed by atoms with Crippen LogP contribution in [0.1, 0.15) is 19.4 Å².